The van der Waals surface area contributed by atoms with E-state index in [1.807, 2.05) is 38.1 Å². The maximum Gasteiger partial charge on any atom is 0.315 e. The van der Waals surface area contributed by atoms with E-state index >= 15 is 0 Å². The predicted octanol–water partition coefficient (Wildman–Crippen LogP) is 3.20. The number of benzene rings is 1. The number of unbranched alkanes of at least 4 members (excludes halogenated alkanes) is 1. The number of anilines is 1. The Balaban J connectivity index is 2.49. The Labute approximate surface area is 126 Å². The normalized spacial score (nSPS) is 11.6. The molecule has 3 N–H and O–H groups in total. The number of hydrogen-bond acceptors (Lipinski definition) is 2. The van der Waals surface area contributed by atoms with Gasteiger partial charge in [-0.2, -0.15) is 0 Å². The van der Waals surface area contributed by atoms with Crippen LogP contribution in [0.4, 0.5) is 10.5 Å². The molecule has 0 aliphatic heterocycles. The number of hydrogen-bond donors (Lipinski definition) is 3. The predicted molar refractivity (Wildman–Crippen MR) is 85.2 cm³/mol. The summed E-state index contributed by atoms with van der Waals surface area (Å²) in [5.41, 5.74) is 1.76. The van der Waals surface area contributed by atoms with Crippen LogP contribution in [0.3, 0.4) is 0 Å². The largest absolute Gasteiger partial charge is 0.338 e. The summed E-state index contributed by atoms with van der Waals surface area (Å²) in [7, 11) is 0. The highest BCUT2D eigenvalue weighted by molar-refractivity contribution is 5.90. The van der Waals surface area contributed by atoms with Crippen molar-refractivity contribution in [1.29, 1.82) is 0 Å². The zero-order valence-corrected chi connectivity index (χ0v) is 13.0. The molecule has 0 aliphatic rings. The Bertz CT molecular complexity index is 457. The summed E-state index contributed by atoms with van der Waals surface area (Å²) in [4.78, 5) is 23.0. The van der Waals surface area contributed by atoms with Crippen LogP contribution < -0.4 is 16.0 Å². The molecule has 0 aromatic heterocycles. The van der Waals surface area contributed by atoms with Crippen molar-refractivity contribution in [3.8, 4) is 0 Å². The van der Waals surface area contributed by atoms with E-state index in [1.165, 1.54) is 0 Å². The van der Waals surface area contributed by atoms with Crippen molar-refractivity contribution in [3.05, 3.63) is 29.8 Å². The minimum atomic E-state index is -0.153. The molecule has 5 heteroatoms. The van der Waals surface area contributed by atoms with Crippen LogP contribution in [0.25, 0.3) is 0 Å². The summed E-state index contributed by atoms with van der Waals surface area (Å²) in [5, 5.41) is 8.51. The zero-order valence-electron chi connectivity index (χ0n) is 13.0. The fourth-order valence-corrected chi connectivity index (χ4v) is 1.81. The Morgan fingerprint density at radius 2 is 1.81 bits per heavy atom. The molecule has 0 bridgehead atoms. The monoisotopic (exact) mass is 291 g/mol. The van der Waals surface area contributed by atoms with Gasteiger partial charge in [-0.25, -0.2) is 4.79 Å². The molecule has 0 saturated carbocycles. The molecular weight excluding hydrogens is 266 g/mol. The van der Waals surface area contributed by atoms with Gasteiger partial charge in [0.25, 0.3) is 0 Å². The van der Waals surface area contributed by atoms with E-state index in [4.69, 9.17) is 0 Å². The topological polar surface area (TPSA) is 70.2 Å². The molecule has 0 radical (unpaired) electrons. The summed E-state index contributed by atoms with van der Waals surface area (Å²) < 4.78 is 0. The number of rotatable bonds is 7. The van der Waals surface area contributed by atoms with E-state index in [0.29, 0.717) is 13.0 Å². The summed E-state index contributed by atoms with van der Waals surface area (Å²) in [6.07, 6.45) is 2.49. The first-order chi connectivity index (χ1) is 10.1. The highest BCUT2D eigenvalue weighted by Gasteiger charge is 2.09. The molecule has 0 saturated heterocycles. The first-order valence-corrected chi connectivity index (χ1v) is 7.51. The molecule has 0 spiro atoms. The third-order valence-corrected chi connectivity index (χ3v) is 3.18. The molecular formula is C16H25N3O2. The second kappa shape index (κ2) is 9.00. The third-order valence-electron chi connectivity index (χ3n) is 3.18. The van der Waals surface area contributed by atoms with Crippen molar-refractivity contribution in [1.82, 2.24) is 10.6 Å². The van der Waals surface area contributed by atoms with Crippen LogP contribution in [0.1, 0.15) is 51.6 Å². The van der Waals surface area contributed by atoms with Crippen molar-refractivity contribution in [2.75, 3.05) is 11.9 Å². The number of carbonyl (C=O) groups is 2. The Hall–Kier alpha value is -2.04. The molecule has 116 valence electrons. The van der Waals surface area contributed by atoms with Crippen molar-refractivity contribution in [3.63, 3.8) is 0 Å². The molecule has 0 aliphatic carbocycles. The maximum atomic E-state index is 11.7. The Morgan fingerprint density at radius 3 is 2.38 bits per heavy atom. The average molecular weight is 291 g/mol. The van der Waals surface area contributed by atoms with E-state index < -0.39 is 0 Å². The number of urea groups is 1. The van der Waals surface area contributed by atoms with Gasteiger partial charge >= 0.3 is 6.03 Å². The molecule has 0 fully saturated rings. The van der Waals surface area contributed by atoms with Crippen LogP contribution in [0.5, 0.6) is 0 Å². The molecule has 1 aromatic carbocycles. The fourth-order valence-electron chi connectivity index (χ4n) is 1.81. The third kappa shape index (κ3) is 6.29. The molecule has 3 amide bonds. The first-order valence-electron chi connectivity index (χ1n) is 7.51. The Kier molecular flexibility index (Phi) is 7.29. The van der Waals surface area contributed by atoms with Crippen molar-refractivity contribution in [2.45, 2.75) is 46.1 Å². The van der Waals surface area contributed by atoms with Gasteiger partial charge in [0.1, 0.15) is 0 Å². The van der Waals surface area contributed by atoms with E-state index in [1.54, 1.807) is 0 Å². The summed E-state index contributed by atoms with van der Waals surface area (Å²) in [6, 6.07) is 7.26. The van der Waals surface area contributed by atoms with Crippen LogP contribution in [-0.2, 0) is 4.79 Å². The minimum absolute atomic E-state index is 0.00998. The van der Waals surface area contributed by atoms with E-state index in [0.717, 1.165) is 24.1 Å². The van der Waals surface area contributed by atoms with Crippen molar-refractivity contribution in [2.24, 2.45) is 0 Å². The minimum Gasteiger partial charge on any atom is -0.338 e. The first kappa shape index (κ1) is 17.0. The molecule has 5 nitrogen and oxygen atoms in total. The lowest BCUT2D eigenvalue weighted by atomic mass is 10.1. The average Bonchev–Trinajstić information content (AvgIpc) is 2.48. The van der Waals surface area contributed by atoms with Crippen LogP contribution in [0, 0.1) is 0 Å². The highest BCUT2D eigenvalue weighted by atomic mass is 16.2. The standard InChI is InChI=1S/C16H25N3O2/c1-4-6-11-17-16(21)18-12(3)13-7-9-14(10-8-13)19-15(20)5-2/h7-10,12H,4-6,11H2,1-3H3,(H,19,20)(H2,17,18,21). The lowest BCUT2D eigenvalue weighted by molar-refractivity contribution is -0.115. The molecule has 1 aromatic rings. The van der Waals surface area contributed by atoms with Gasteiger partial charge in [0.2, 0.25) is 5.91 Å². The second-order valence-electron chi connectivity index (χ2n) is 5.00. The molecule has 1 unspecified atom stereocenters. The smallest absolute Gasteiger partial charge is 0.315 e. The summed E-state index contributed by atoms with van der Waals surface area (Å²) >= 11 is 0. The van der Waals surface area contributed by atoms with E-state index in [2.05, 4.69) is 22.9 Å². The quantitative estimate of drug-likeness (QED) is 0.675. The van der Waals surface area contributed by atoms with Crippen LogP contribution in [-0.4, -0.2) is 18.5 Å². The van der Waals surface area contributed by atoms with Gasteiger partial charge in [-0.1, -0.05) is 32.4 Å². The number of amides is 3. The Morgan fingerprint density at radius 1 is 1.14 bits per heavy atom. The zero-order chi connectivity index (χ0) is 15.7. The van der Waals surface area contributed by atoms with Crippen molar-refractivity contribution >= 4 is 17.6 Å². The van der Waals surface area contributed by atoms with Crippen LogP contribution in [0.2, 0.25) is 0 Å². The van der Waals surface area contributed by atoms with Gasteiger partial charge in [-0.05, 0) is 31.0 Å². The lowest BCUT2D eigenvalue weighted by Gasteiger charge is -2.15. The van der Waals surface area contributed by atoms with E-state index in [9.17, 15) is 9.59 Å². The van der Waals surface area contributed by atoms with Gasteiger partial charge in [0, 0.05) is 18.7 Å². The number of carbonyl (C=O) groups excluding carboxylic acids is 2. The van der Waals surface area contributed by atoms with Crippen LogP contribution >= 0.6 is 0 Å². The van der Waals surface area contributed by atoms with Gasteiger partial charge < -0.3 is 16.0 Å². The lowest BCUT2D eigenvalue weighted by Crippen LogP contribution is -2.37. The fraction of sp³-hybridized carbons (Fsp3) is 0.500. The summed E-state index contributed by atoms with van der Waals surface area (Å²) in [6.45, 7) is 6.52. The summed E-state index contributed by atoms with van der Waals surface area (Å²) in [5.74, 6) is -0.00998. The van der Waals surface area contributed by atoms with Gasteiger partial charge in [0.05, 0.1) is 6.04 Å². The molecule has 0 heterocycles. The molecule has 1 atom stereocenters. The van der Waals surface area contributed by atoms with Gasteiger partial charge in [-0.15, -0.1) is 0 Å². The molecule has 1 rings (SSSR count). The number of nitrogens with one attached hydrogen (secondary N) is 3. The van der Waals surface area contributed by atoms with Crippen LogP contribution in [0.15, 0.2) is 24.3 Å². The van der Waals surface area contributed by atoms with Gasteiger partial charge in [-0.3, -0.25) is 4.79 Å². The van der Waals surface area contributed by atoms with Gasteiger partial charge in [0.15, 0.2) is 0 Å². The van der Waals surface area contributed by atoms with Crippen molar-refractivity contribution < 1.29 is 9.59 Å². The molecule has 21 heavy (non-hydrogen) atoms. The van der Waals surface area contributed by atoms with E-state index in [-0.39, 0.29) is 18.0 Å². The SMILES string of the molecule is CCCCNC(=O)NC(C)c1ccc(NC(=O)CC)cc1. The second-order valence-corrected chi connectivity index (χ2v) is 5.00. The maximum absolute atomic E-state index is 11.7. The highest BCUT2D eigenvalue weighted by Crippen LogP contribution is 2.16.